The molecule has 0 fully saturated rings. The number of hydrogen-bond acceptors (Lipinski definition) is 3. The Kier molecular flexibility index (Phi) is 5.51. The van der Waals surface area contributed by atoms with Gasteiger partial charge < -0.3 is 5.32 Å². The van der Waals surface area contributed by atoms with Gasteiger partial charge in [0.1, 0.15) is 0 Å². The summed E-state index contributed by atoms with van der Waals surface area (Å²) in [6.45, 7) is 8.12. The number of nitro benzene ring substituents is 1. The van der Waals surface area contributed by atoms with Crippen LogP contribution in [-0.2, 0) is 0 Å². The van der Waals surface area contributed by atoms with Crippen molar-refractivity contribution >= 4 is 23.2 Å². The molecular formula is C14H19ClN2O3. The number of nitro groups is 1. The summed E-state index contributed by atoms with van der Waals surface area (Å²) < 4.78 is 0. The summed E-state index contributed by atoms with van der Waals surface area (Å²) in [7, 11) is 0. The van der Waals surface area contributed by atoms with E-state index in [4.69, 9.17) is 11.6 Å². The standard InChI is InChI=1S/C14H19ClN2O3/c1-8(2)13(9(3)4)16-14(18)11-6-5-10(17(19)20)7-12(11)15/h5-9,13H,1-4H3,(H,16,18). The molecule has 20 heavy (non-hydrogen) atoms. The number of rotatable bonds is 5. The summed E-state index contributed by atoms with van der Waals surface area (Å²) >= 11 is 5.95. The molecule has 1 aromatic rings. The SMILES string of the molecule is CC(C)C(NC(=O)c1ccc([N+](=O)[O-])cc1Cl)C(C)C. The third-order valence-electron chi connectivity index (χ3n) is 3.14. The quantitative estimate of drug-likeness (QED) is 0.666. The Balaban J connectivity index is 2.95. The summed E-state index contributed by atoms with van der Waals surface area (Å²) in [5.41, 5.74) is 0.124. The average molecular weight is 299 g/mol. The molecule has 110 valence electrons. The second-order valence-corrected chi connectivity index (χ2v) is 5.82. The van der Waals surface area contributed by atoms with Crippen molar-refractivity contribution in [1.82, 2.24) is 5.32 Å². The number of non-ortho nitro benzene ring substituents is 1. The molecule has 0 aliphatic carbocycles. The van der Waals surface area contributed by atoms with Gasteiger partial charge in [-0.15, -0.1) is 0 Å². The van der Waals surface area contributed by atoms with E-state index in [0.29, 0.717) is 0 Å². The molecule has 0 saturated carbocycles. The normalized spacial score (nSPS) is 11.2. The maximum atomic E-state index is 12.2. The first kappa shape index (κ1) is 16.4. The van der Waals surface area contributed by atoms with Gasteiger partial charge in [-0.25, -0.2) is 0 Å². The predicted octanol–water partition coefficient (Wildman–Crippen LogP) is 3.66. The highest BCUT2D eigenvalue weighted by Crippen LogP contribution is 2.23. The molecule has 0 bridgehead atoms. The van der Waals surface area contributed by atoms with Gasteiger partial charge in [-0.3, -0.25) is 14.9 Å². The van der Waals surface area contributed by atoms with E-state index in [1.165, 1.54) is 18.2 Å². The monoisotopic (exact) mass is 298 g/mol. The molecule has 0 radical (unpaired) electrons. The van der Waals surface area contributed by atoms with E-state index in [1.54, 1.807) is 0 Å². The van der Waals surface area contributed by atoms with Crippen LogP contribution in [0.5, 0.6) is 0 Å². The number of amides is 1. The summed E-state index contributed by atoms with van der Waals surface area (Å²) in [6, 6.07) is 3.87. The minimum absolute atomic E-state index is 0.0220. The van der Waals surface area contributed by atoms with Crippen molar-refractivity contribution in [1.29, 1.82) is 0 Å². The Labute approximate surface area is 123 Å². The summed E-state index contributed by atoms with van der Waals surface area (Å²) in [5.74, 6) is 0.267. The van der Waals surface area contributed by atoms with Crippen LogP contribution >= 0.6 is 11.6 Å². The first-order valence-electron chi connectivity index (χ1n) is 6.48. The van der Waals surface area contributed by atoms with Crippen molar-refractivity contribution in [3.63, 3.8) is 0 Å². The molecular weight excluding hydrogens is 280 g/mol. The van der Waals surface area contributed by atoms with E-state index in [1.807, 2.05) is 27.7 Å². The molecule has 0 spiro atoms. The van der Waals surface area contributed by atoms with Crippen LogP contribution in [0.3, 0.4) is 0 Å². The van der Waals surface area contributed by atoms with Crippen LogP contribution in [0.4, 0.5) is 5.69 Å². The zero-order valence-corrected chi connectivity index (χ0v) is 12.8. The molecule has 0 heterocycles. The molecule has 0 atom stereocenters. The Bertz CT molecular complexity index is 507. The smallest absolute Gasteiger partial charge is 0.270 e. The van der Waals surface area contributed by atoms with Gasteiger partial charge in [0.2, 0.25) is 0 Å². The van der Waals surface area contributed by atoms with E-state index < -0.39 is 4.92 Å². The van der Waals surface area contributed by atoms with Gasteiger partial charge in [-0.1, -0.05) is 39.3 Å². The highest BCUT2D eigenvalue weighted by Gasteiger charge is 2.22. The second-order valence-electron chi connectivity index (χ2n) is 5.41. The fraction of sp³-hybridized carbons (Fsp3) is 0.500. The van der Waals surface area contributed by atoms with Crippen molar-refractivity contribution in [2.75, 3.05) is 0 Å². The summed E-state index contributed by atoms with van der Waals surface area (Å²) in [5, 5.41) is 13.7. The zero-order chi connectivity index (χ0) is 15.4. The molecule has 1 N–H and O–H groups in total. The third kappa shape index (κ3) is 3.93. The number of nitrogens with one attached hydrogen (secondary N) is 1. The van der Waals surface area contributed by atoms with Gasteiger partial charge in [0.05, 0.1) is 15.5 Å². The molecule has 6 heteroatoms. The number of carbonyl (C=O) groups excluding carboxylic acids is 1. The molecule has 0 unspecified atom stereocenters. The Morgan fingerprint density at radius 3 is 2.20 bits per heavy atom. The summed E-state index contributed by atoms with van der Waals surface area (Å²) in [4.78, 5) is 22.3. The lowest BCUT2D eigenvalue weighted by Gasteiger charge is -2.26. The molecule has 0 saturated heterocycles. The van der Waals surface area contributed by atoms with Gasteiger partial charge in [-0.2, -0.15) is 0 Å². The van der Waals surface area contributed by atoms with Crippen molar-refractivity contribution in [3.05, 3.63) is 38.9 Å². The lowest BCUT2D eigenvalue weighted by Crippen LogP contribution is -2.42. The first-order chi connectivity index (χ1) is 9.23. The fourth-order valence-electron chi connectivity index (χ4n) is 2.13. The minimum atomic E-state index is -0.543. The largest absolute Gasteiger partial charge is 0.349 e. The highest BCUT2D eigenvalue weighted by molar-refractivity contribution is 6.34. The van der Waals surface area contributed by atoms with Gasteiger partial charge in [0.15, 0.2) is 0 Å². The van der Waals surface area contributed by atoms with Crippen molar-refractivity contribution in [2.24, 2.45) is 11.8 Å². The lowest BCUT2D eigenvalue weighted by atomic mass is 9.93. The molecule has 1 aromatic carbocycles. The van der Waals surface area contributed by atoms with E-state index in [0.717, 1.165) is 0 Å². The number of carbonyl (C=O) groups is 1. The number of benzene rings is 1. The van der Waals surface area contributed by atoms with E-state index >= 15 is 0 Å². The van der Waals surface area contributed by atoms with E-state index in [-0.39, 0.29) is 40.1 Å². The number of nitrogens with zero attached hydrogens (tertiary/aromatic N) is 1. The Morgan fingerprint density at radius 1 is 1.25 bits per heavy atom. The van der Waals surface area contributed by atoms with E-state index in [2.05, 4.69) is 5.32 Å². The summed E-state index contributed by atoms with van der Waals surface area (Å²) in [6.07, 6.45) is 0. The molecule has 0 aliphatic heterocycles. The van der Waals surface area contributed by atoms with Crippen LogP contribution < -0.4 is 5.32 Å². The third-order valence-corrected chi connectivity index (χ3v) is 3.46. The van der Waals surface area contributed by atoms with Crippen LogP contribution in [0, 0.1) is 22.0 Å². The molecule has 0 aromatic heterocycles. The first-order valence-corrected chi connectivity index (χ1v) is 6.86. The highest BCUT2D eigenvalue weighted by atomic mass is 35.5. The van der Waals surface area contributed by atoms with Crippen LogP contribution in [0.25, 0.3) is 0 Å². The van der Waals surface area contributed by atoms with Gasteiger partial charge in [0.25, 0.3) is 11.6 Å². The van der Waals surface area contributed by atoms with Crippen LogP contribution in [0.15, 0.2) is 18.2 Å². The molecule has 1 rings (SSSR count). The maximum Gasteiger partial charge on any atom is 0.270 e. The van der Waals surface area contributed by atoms with Crippen LogP contribution in [0.2, 0.25) is 5.02 Å². The average Bonchev–Trinajstić information content (AvgIpc) is 2.34. The van der Waals surface area contributed by atoms with Gasteiger partial charge in [-0.05, 0) is 17.9 Å². The van der Waals surface area contributed by atoms with Crippen LogP contribution in [0.1, 0.15) is 38.1 Å². The van der Waals surface area contributed by atoms with Gasteiger partial charge in [0, 0.05) is 18.2 Å². The minimum Gasteiger partial charge on any atom is -0.349 e. The van der Waals surface area contributed by atoms with Crippen molar-refractivity contribution < 1.29 is 9.72 Å². The predicted molar refractivity (Wildman–Crippen MR) is 79.0 cm³/mol. The van der Waals surface area contributed by atoms with E-state index in [9.17, 15) is 14.9 Å². The molecule has 5 nitrogen and oxygen atoms in total. The zero-order valence-electron chi connectivity index (χ0n) is 12.0. The number of halogens is 1. The lowest BCUT2D eigenvalue weighted by molar-refractivity contribution is -0.384. The van der Waals surface area contributed by atoms with Crippen molar-refractivity contribution in [3.8, 4) is 0 Å². The van der Waals surface area contributed by atoms with Crippen LogP contribution in [-0.4, -0.2) is 16.9 Å². The molecule has 1 amide bonds. The van der Waals surface area contributed by atoms with Gasteiger partial charge >= 0.3 is 0 Å². The Hall–Kier alpha value is -1.62. The maximum absolute atomic E-state index is 12.2. The fourth-order valence-corrected chi connectivity index (χ4v) is 2.39. The molecule has 0 aliphatic rings. The number of hydrogen-bond donors (Lipinski definition) is 1. The second kappa shape index (κ2) is 6.70. The van der Waals surface area contributed by atoms with Crippen molar-refractivity contribution in [2.45, 2.75) is 33.7 Å². The topological polar surface area (TPSA) is 72.2 Å². The Morgan fingerprint density at radius 2 is 1.80 bits per heavy atom.